The summed E-state index contributed by atoms with van der Waals surface area (Å²) in [5.74, 6) is -0.289. The molecule has 3 nitrogen and oxygen atoms in total. The maximum atomic E-state index is 11.8. The molecule has 1 aromatic rings. The molecule has 1 heterocycles. The number of aliphatic hydroxyl groups is 1. The highest BCUT2D eigenvalue weighted by atomic mass is 16.3. The molecule has 0 saturated carbocycles. The van der Waals surface area contributed by atoms with E-state index in [2.05, 4.69) is 4.98 Å². The van der Waals surface area contributed by atoms with E-state index in [0.29, 0.717) is 12.1 Å². The Hall–Kier alpha value is -1.61. The molecule has 0 spiro atoms. The molecule has 14 heavy (non-hydrogen) atoms. The van der Waals surface area contributed by atoms with Crippen LogP contribution < -0.4 is 0 Å². The molecule has 0 amide bonds. The second-order valence-electron chi connectivity index (χ2n) is 3.33. The Morgan fingerprint density at radius 3 is 2.93 bits per heavy atom. The predicted octanol–water partition coefficient (Wildman–Crippen LogP) is 1.44. The summed E-state index contributed by atoms with van der Waals surface area (Å²) in [7, 11) is 0. The molecule has 1 atom stereocenters. The largest absolute Gasteiger partial charge is 0.377 e. The Morgan fingerprint density at radius 2 is 2.36 bits per heavy atom. The summed E-state index contributed by atoms with van der Waals surface area (Å²) in [5.41, 5.74) is -0.938. The third kappa shape index (κ3) is 1.42. The topological polar surface area (TPSA) is 53.1 Å². The fourth-order valence-electron chi connectivity index (χ4n) is 1.48. The molecule has 3 heteroatoms. The molecule has 1 unspecified atom stereocenters. The van der Waals surface area contributed by atoms with Crippen LogP contribution in [0.25, 0.3) is 0 Å². The molecule has 0 fully saturated rings. The number of nitrogens with one attached hydrogen (secondary N) is 1. The second kappa shape index (κ2) is 3.27. The molecule has 2 rings (SSSR count). The third-order valence-corrected chi connectivity index (χ3v) is 2.28. The van der Waals surface area contributed by atoms with Gasteiger partial charge in [0.2, 0.25) is 5.78 Å². The fraction of sp³-hybridized carbons (Fsp3) is 0.182. The average molecular weight is 189 g/mol. The number of carbonyl (C=O) groups is 1. The Bertz CT molecular complexity index is 389. The van der Waals surface area contributed by atoms with Crippen LogP contribution in [0.5, 0.6) is 0 Å². The Morgan fingerprint density at radius 1 is 1.50 bits per heavy atom. The van der Waals surface area contributed by atoms with Crippen molar-refractivity contribution in [3.8, 4) is 0 Å². The third-order valence-electron chi connectivity index (χ3n) is 2.28. The SMILES string of the molecule is O=C(c1ccc[nH]1)C1(O)C=CC=CC1. The van der Waals surface area contributed by atoms with Crippen LogP contribution in [0.15, 0.2) is 42.6 Å². The van der Waals surface area contributed by atoms with E-state index in [-0.39, 0.29) is 5.78 Å². The van der Waals surface area contributed by atoms with Gasteiger partial charge in [0.05, 0.1) is 5.69 Å². The van der Waals surface area contributed by atoms with Crippen LogP contribution in [0.4, 0.5) is 0 Å². The molecule has 0 bridgehead atoms. The molecule has 1 aliphatic rings. The molecule has 0 aromatic carbocycles. The number of ketones is 1. The maximum Gasteiger partial charge on any atom is 0.214 e. The van der Waals surface area contributed by atoms with E-state index < -0.39 is 5.60 Å². The summed E-state index contributed by atoms with van der Waals surface area (Å²) < 4.78 is 0. The summed E-state index contributed by atoms with van der Waals surface area (Å²) >= 11 is 0. The zero-order chi connectivity index (χ0) is 10.0. The van der Waals surface area contributed by atoms with Gasteiger partial charge in [-0.25, -0.2) is 0 Å². The van der Waals surface area contributed by atoms with Gasteiger partial charge < -0.3 is 10.1 Å². The fourth-order valence-corrected chi connectivity index (χ4v) is 1.48. The number of Topliss-reactive ketones (excluding diaryl/α,β-unsaturated/α-hetero) is 1. The Labute approximate surface area is 81.8 Å². The molecule has 0 aliphatic heterocycles. The zero-order valence-electron chi connectivity index (χ0n) is 7.60. The van der Waals surface area contributed by atoms with Crippen LogP contribution in [0.3, 0.4) is 0 Å². The van der Waals surface area contributed by atoms with Crippen molar-refractivity contribution in [3.05, 3.63) is 48.3 Å². The number of carbonyl (C=O) groups excluding carboxylic acids is 1. The van der Waals surface area contributed by atoms with Gasteiger partial charge in [0.25, 0.3) is 0 Å². The van der Waals surface area contributed by atoms with Gasteiger partial charge in [-0.1, -0.05) is 18.2 Å². The number of hydrogen-bond acceptors (Lipinski definition) is 2. The molecule has 72 valence electrons. The highest BCUT2D eigenvalue weighted by molar-refractivity contribution is 6.02. The molecule has 0 radical (unpaired) electrons. The van der Waals surface area contributed by atoms with Crippen molar-refractivity contribution in [2.45, 2.75) is 12.0 Å². The number of aromatic nitrogens is 1. The van der Waals surface area contributed by atoms with Gasteiger partial charge in [0.1, 0.15) is 0 Å². The molecular weight excluding hydrogens is 178 g/mol. The van der Waals surface area contributed by atoms with E-state index in [1.165, 1.54) is 6.08 Å². The summed E-state index contributed by atoms with van der Waals surface area (Å²) in [5, 5.41) is 10.0. The second-order valence-corrected chi connectivity index (χ2v) is 3.33. The summed E-state index contributed by atoms with van der Waals surface area (Å²) in [6, 6.07) is 3.39. The summed E-state index contributed by atoms with van der Waals surface area (Å²) in [4.78, 5) is 14.6. The van der Waals surface area contributed by atoms with Crippen LogP contribution in [-0.2, 0) is 0 Å². The normalized spacial score (nSPS) is 25.2. The minimum Gasteiger partial charge on any atom is -0.377 e. The van der Waals surface area contributed by atoms with Crippen molar-refractivity contribution in [3.63, 3.8) is 0 Å². The standard InChI is InChI=1S/C11H11NO2/c13-10(9-5-4-8-12-9)11(14)6-2-1-3-7-11/h1-6,8,12,14H,7H2. The minimum atomic E-state index is -1.38. The van der Waals surface area contributed by atoms with E-state index >= 15 is 0 Å². The lowest BCUT2D eigenvalue weighted by Gasteiger charge is -2.22. The van der Waals surface area contributed by atoms with Crippen LogP contribution in [-0.4, -0.2) is 21.5 Å². The van der Waals surface area contributed by atoms with Gasteiger partial charge in [-0.15, -0.1) is 0 Å². The Balaban J connectivity index is 2.27. The molecule has 1 aliphatic carbocycles. The Kier molecular flexibility index (Phi) is 2.09. The number of H-pyrrole nitrogens is 1. The van der Waals surface area contributed by atoms with Gasteiger partial charge in [0.15, 0.2) is 5.60 Å². The van der Waals surface area contributed by atoms with E-state index in [0.717, 1.165) is 0 Å². The van der Waals surface area contributed by atoms with Crippen LogP contribution in [0, 0.1) is 0 Å². The first-order chi connectivity index (χ1) is 6.72. The maximum absolute atomic E-state index is 11.8. The summed E-state index contributed by atoms with van der Waals surface area (Å²) in [6.07, 6.45) is 8.80. The van der Waals surface area contributed by atoms with Gasteiger partial charge in [-0.3, -0.25) is 4.79 Å². The average Bonchev–Trinajstić information content (AvgIpc) is 2.70. The molecular formula is C11H11NO2. The molecule has 2 N–H and O–H groups in total. The number of hydrogen-bond donors (Lipinski definition) is 2. The first-order valence-corrected chi connectivity index (χ1v) is 4.47. The lowest BCUT2D eigenvalue weighted by molar-refractivity contribution is 0.0530. The van der Waals surface area contributed by atoms with Crippen molar-refractivity contribution in [1.29, 1.82) is 0 Å². The number of rotatable bonds is 2. The first kappa shape index (κ1) is 8.97. The van der Waals surface area contributed by atoms with E-state index in [1.54, 1.807) is 30.5 Å². The monoisotopic (exact) mass is 189 g/mol. The minimum absolute atomic E-state index is 0.289. The van der Waals surface area contributed by atoms with Crippen LogP contribution in [0.2, 0.25) is 0 Å². The predicted molar refractivity (Wildman–Crippen MR) is 53.0 cm³/mol. The van der Waals surface area contributed by atoms with Crippen molar-refractivity contribution in [2.24, 2.45) is 0 Å². The van der Waals surface area contributed by atoms with Gasteiger partial charge in [0, 0.05) is 12.6 Å². The summed E-state index contributed by atoms with van der Waals surface area (Å²) in [6.45, 7) is 0. The lowest BCUT2D eigenvalue weighted by atomic mass is 9.89. The number of allylic oxidation sites excluding steroid dienone is 2. The molecule has 1 aromatic heterocycles. The van der Waals surface area contributed by atoms with E-state index in [1.807, 2.05) is 6.08 Å². The highest BCUT2D eigenvalue weighted by Gasteiger charge is 2.33. The zero-order valence-corrected chi connectivity index (χ0v) is 7.60. The van der Waals surface area contributed by atoms with Crippen molar-refractivity contribution >= 4 is 5.78 Å². The van der Waals surface area contributed by atoms with E-state index in [9.17, 15) is 9.90 Å². The quantitative estimate of drug-likeness (QED) is 0.692. The number of aromatic amines is 1. The van der Waals surface area contributed by atoms with Crippen molar-refractivity contribution in [1.82, 2.24) is 4.98 Å². The molecule has 0 saturated heterocycles. The van der Waals surface area contributed by atoms with Crippen molar-refractivity contribution < 1.29 is 9.90 Å². The van der Waals surface area contributed by atoms with Crippen LogP contribution >= 0.6 is 0 Å². The van der Waals surface area contributed by atoms with Gasteiger partial charge in [-0.05, 0) is 18.2 Å². The van der Waals surface area contributed by atoms with Gasteiger partial charge >= 0.3 is 0 Å². The first-order valence-electron chi connectivity index (χ1n) is 4.47. The van der Waals surface area contributed by atoms with Crippen molar-refractivity contribution in [2.75, 3.05) is 0 Å². The lowest BCUT2D eigenvalue weighted by Crippen LogP contribution is -2.37. The van der Waals surface area contributed by atoms with Crippen LogP contribution in [0.1, 0.15) is 16.9 Å². The smallest absolute Gasteiger partial charge is 0.214 e. The van der Waals surface area contributed by atoms with Gasteiger partial charge in [-0.2, -0.15) is 0 Å². The highest BCUT2D eigenvalue weighted by Crippen LogP contribution is 2.21. The van der Waals surface area contributed by atoms with E-state index in [4.69, 9.17) is 0 Å².